The quantitative estimate of drug-likeness (QED) is 0.641. The van der Waals surface area contributed by atoms with Gasteiger partial charge in [0.25, 0.3) is 0 Å². The monoisotopic (exact) mass is 310 g/mol. The zero-order valence-corrected chi connectivity index (χ0v) is 12.7. The molecule has 0 unspecified atom stereocenters. The highest BCUT2D eigenvalue weighted by Gasteiger charge is 2.08. The van der Waals surface area contributed by atoms with Crippen LogP contribution in [-0.4, -0.2) is 6.61 Å². The molecular formula is C16H16Cl2O2. The Kier molecular flexibility index (Phi) is 5.57. The third-order valence-electron chi connectivity index (χ3n) is 2.68. The van der Waals surface area contributed by atoms with Crippen molar-refractivity contribution < 1.29 is 9.47 Å². The summed E-state index contributed by atoms with van der Waals surface area (Å²) < 4.78 is 11.5. The smallest absolute Gasteiger partial charge is 0.169 e. The second-order valence-corrected chi connectivity index (χ2v) is 4.97. The molecule has 2 rings (SSSR count). The zero-order chi connectivity index (χ0) is 14.4. The van der Waals surface area contributed by atoms with Crippen LogP contribution in [0.3, 0.4) is 0 Å². The molecule has 0 aliphatic heterocycles. The van der Waals surface area contributed by atoms with Gasteiger partial charge in [-0.25, -0.2) is 0 Å². The molecular weight excluding hydrogens is 295 g/mol. The number of hydrogen-bond acceptors (Lipinski definition) is 2. The van der Waals surface area contributed by atoms with E-state index in [1.807, 2.05) is 36.4 Å². The molecule has 0 spiro atoms. The first-order valence-electron chi connectivity index (χ1n) is 6.48. The molecule has 0 atom stereocenters. The number of para-hydroxylation sites is 2. The van der Waals surface area contributed by atoms with Crippen molar-refractivity contribution in [2.24, 2.45) is 0 Å². The number of ether oxygens (including phenoxy) is 2. The van der Waals surface area contributed by atoms with Crippen LogP contribution in [0.1, 0.15) is 18.9 Å². The Morgan fingerprint density at radius 3 is 2.40 bits per heavy atom. The number of benzene rings is 2. The molecule has 0 aromatic heterocycles. The van der Waals surface area contributed by atoms with Crippen molar-refractivity contribution in [2.45, 2.75) is 19.2 Å². The minimum absolute atomic E-state index is 0.427. The number of halogens is 2. The minimum Gasteiger partial charge on any atom is -0.490 e. The van der Waals surface area contributed by atoms with E-state index < -0.39 is 0 Å². The number of alkyl halides is 1. The predicted octanol–water partition coefficient (Wildman–Crippen LogP) is 5.66. The fourth-order valence-corrected chi connectivity index (χ4v) is 2.10. The van der Waals surface area contributed by atoms with E-state index in [2.05, 4.69) is 6.92 Å². The van der Waals surface area contributed by atoms with E-state index in [-0.39, 0.29) is 0 Å². The maximum absolute atomic E-state index is 6.19. The summed E-state index contributed by atoms with van der Waals surface area (Å²) in [6, 6.07) is 13.1. The van der Waals surface area contributed by atoms with Crippen LogP contribution < -0.4 is 9.47 Å². The van der Waals surface area contributed by atoms with E-state index in [1.165, 1.54) is 0 Å². The van der Waals surface area contributed by atoms with Gasteiger partial charge in [0.2, 0.25) is 0 Å². The van der Waals surface area contributed by atoms with E-state index in [9.17, 15) is 0 Å². The highest BCUT2D eigenvalue weighted by atomic mass is 35.5. The van der Waals surface area contributed by atoms with Gasteiger partial charge >= 0.3 is 0 Å². The van der Waals surface area contributed by atoms with E-state index >= 15 is 0 Å². The first kappa shape index (κ1) is 15.0. The molecule has 0 fully saturated rings. The van der Waals surface area contributed by atoms with Crippen molar-refractivity contribution in [3.63, 3.8) is 0 Å². The van der Waals surface area contributed by atoms with Crippen molar-refractivity contribution in [3.8, 4) is 17.2 Å². The first-order valence-corrected chi connectivity index (χ1v) is 7.40. The summed E-state index contributed by atoms with van der Waals surface area (Å²) in [7, 11) is 0. The summed E-state index contributed by atoms with van der Waals surface area (Å²) in [5, 5.41) is 0.536. The van der Waals surface area contributed by atoms with Crippen LogP contribution in [0.5, 0.6) is 17.2 Å². The molecule has 0 radical (unpaired) electrons. The molecule has 0 bridgehead atoms. The molecule has 0 aliphatic carbocycles. The van der Waals surface area contributed by atoms with E-state index in [4.69, 9.17) is 32.7 Å². The van der Waals surface area contributed by atoms with Crippen LogP contribution in [0.25, 0.3) is 0 Å². The Balaban J connectivity index is 2.21. The lowest BCUT2D eigenvalue weighted by atomic mass is 10.2. The third kappa shape index (κ3) is 3.81. The Hall–Kier alpha value is -1.38. The molecule has 2 nitrogen and oxygen atoms in total. The topological polar surface area (TPSA) is 18.5 Å². The van der Waals surface area contributed by atoms with E-state index in [0.717, 1.165) is 12.0 Å². The third-order valence-corrected chi connectivity index (χ3v) is 3.29. The summed E-state index contributed by atoms with van der Waals surface area (Å²) in [5.41, 5.74) is 0.958. The molecule has 0 saturated carbocycles. The van der Waals surface area contributed by atoms with Gasteiger partial charge in [-0.15, -0.1) is 11.6 Å². The van der Waals surface area contributed by atoms with Crippen molar-refractivity contribution in [1.29, 1.82) is 0 Å². The Labute approximate surface area is 129 Å². The average molecular weight is 311 g/mol. The minimum atomic E-state index is 0.427. The molecule has 20 heavy (non-hydrogen) atoms. The molecule has 2 aromatic rings. The van der Waals surface area contributed by atoms with Gasteiger partial charge in [-0.05, 0) is 36.2 Å². The zero-order valence-electron chi connectivity index (χ0n) is 11.2. The second kappa shape index (κ2) is 7.41. The molecule has 0 saturated heterocycles. The number of rotatable bonds is 6. The van der Waals surface area contributed by atoms with Crippen LogP contribution in [0.2, 0.25) is 5.02 Å². The van der Waals surface area contributed by atoms with Gasteiger partial charge in [-0.2, -0.15) is 0 Å². The Bertz CT molecular complexity index is 570. The van der Waals surface area contributed by atoms with Gasteiger partial charge < -0.3 is 9.47 Å². The van der Waals surface area contributed by atoms with Gasteiger partial charge in [0.15, 0.2) is 11.5 Å². The van der Waals surface area contributed by atoms with Crippen molar-refractivity contribution in [2.75, 3.05) is 6.61 Å². The van der Waals surface area contributed by atoms with Gasteiger partial charge in [0.05, 0.1) is 11.6 Å². The van der Waals surface area contributed by atoms with Crippen molar-refractivity contribution >= 4 is 23.2 Å². The highest BCUT2D eigenvalue weighted by Crippen LogP contribution is 2.35. The first-order chi connectivity index (χ1) is 9.74. The molecule has 4 heteroatoms. The maximum Gasteiger partial charge on any atom is 0.169 e. The predicted molar refractivity (Wildman–Crippen MR) is 83.3 cm³/mol. The van der Waals surface area contributed by atoms with Gasteiger partial charge in [0.1, 0.15) is 5.75 Å². The number of hydrogen-bond donors (Lipinski definition) is 0. The summed E-state index contributed by atoms with van der Waals surface area (Å²) in [6.07, 6.45) is 0.944. The normalized spacial score (nSPS) is 10.3. The molecule has 0 N–H and O–H groups in total. The lowest BCUT2D eigenvalue weighted by Crippen LogP contribution is -1.97. The average Bonchev–Trinajstić information content (AvgIpc) is 2.48. The largest absolute Gasteiger partial charge is 0.490 e. The summed E-state index contributed by atoms with van der Waals surface area (Å²) >= 11 is 12.0. The SMILES string of the molecule is CCCOc1ccccc1Oc1ccc(CCl)cc1Cl. The summed E-state index contributed by atoms with van der Waals surface area (Å²) in [4.78, 5) is 0. The lowest BCUT2D eigenvalue weighted by Gasteiger charge is -2.13. The Morgan fingerprint density at radius 1 is 1.00 bits per heavy atom. The molecule has 106 valence electrons. The Morgan fingerprint density at radius 2 is 1.75 bits per heavy atom. The summed E-state index contributed by atoms with van der Waals surface area (Å²) in [6.45, 7) is 2.71. The van der Waals surface area contributed by atoms with Crippen LogP contribution >= 0.6 is 23.2 Å². The lowest BCUT2D eigenvalue weighted by molar-refractivity contribution is 0.302. The van der Waals surface area contributed by atoms with Gasteiger partial charge in [-0.1, -0.05) is 36.7 Å². The van der Waals surface area contributed by atoms with Gasteiger partial charge in [0, 0.05) is 5.88 Å². The van der Waals surface area contributed by atoms with Crippen LogP contribution in [-0.2, 0) is 5.88 Å². The van der Waals surface area contributed by atoms with Crippen molar-refractivity contribution in [1.82, 2.24) is 0 Å². The van der Waals surface area contributed by atoms with Crippen LogP contribution in [0, 0.1) is 0 Å². The fourth-order valence-electron chi connectivity index (χ4n) is 1.69. The summed E-state index contributed by atoms with van der Waals surface area (Å²) in [5.74, 6) is 2.39. The second-order valence-electron chi connectivity index (χ2n) is 4.30. The standard InChI is InChI=1S/C16H16Cl2O2/c1-2-9-19-15-5-3-4-6-16(15)20-14-8-7-12(11-17)10-13(14)18/h3-8,10H,2,9,11H2,1H3. The van der Waals surface area contributed by atoms with E-state index in [1.54, 1.807) is 6.07 Å². The molecule has 0 heterocycles. The molecule has 2 aromatic carbocycles. The van der Waals surface area contributed by atoms with Gasteiger partial charge in [-0.3, -0.25) is 0 Å². The van der Waals surface area contributed by atoms with E-state index in [0.29, 0.717) is 34.8 Å². The van der Waals surface area contributed by atoms with Crippen LogP contribution in [0.15, 0.2) is 42.5 Å². The fraction of sp³-hybridized carbons (Fsp3) is 0.250. The maximum atomic E-state index is 6.19. The highest BCUT2D eigenvalue weighted by molar-refractivity contribution is 6.32. The van der Waals surface area contributed by atoms with Crippen molar-refractivity contribution in [3.05, 3.63) is 53.1 Å². The van der Waals surface area contributed by atoms with Crippen LogP contribution in [0.4, 0.5) is 0 Å². The molecule has 0 aliphatic rings. The molecule has 0 amide bonds.